The molecular formula is C20H23N5O7. The highest BCUT2D eigenvalue weighted by molar-refractivity contribution is 5.87. The first-order valence-electron chi connectivity index (χ1n) is 9.90. The molecule has 0 aliphatic carbocycles. The monoisotopic (exact) mass is 445 g/mol. The number of aromatic hydroxyl groups is 1. The Balaban J connectivity index is 1.38. The van der Waals surface area contributed by atoms with E-state index in [0.717, 1.165) is 33.3 Å². The van der Waals surface area contributed by atoms with Crippen molar-refractivity contribution in [3.63, 3.8) is 0 Å². The number of hydrogen-bond donors (Lipinski definition) is 7. The van der Waals surface area contributed by atoms with E-state index in [1.807, 2.05) is 4.98 Å². The molecule has 0 saturated carbocycles. The number of fused-ring (bicyclic) bond motifs is 1. The first-order valence-corrected chi connectivity index (χ1v) is 9.90. The zero-order chi connectivity index (χ0) is 23.0. The molecule has 1 fully saturated rings. The summed E-state index contributed by atoms with van der Waals surface area (Å²) in [6.45, 7) is -0.159. The number of phenolic OH excluding ortho intramolecular Hbond substituents is 1. The standard InChI is InChI=1S/C20H23N5O7/c21-12(5-9-7-22-13-2-1-10(26)6-11(9)13)18(30)23-8-14-16(28)17(29)19(32-14)25-4-3-15(27)24-20(25)31/h1-4,6-7,12,14,16-17,19,22,26,28-29H,5,8,21H2,(H,23,30)(H,24,27,31)/t12?,14-,16-,17-,19?/m1/s1. The summed E-state index contributed by atoms with van der Waals surface area (Å²) in [5.74, 6) is -0.409. The third kappa shape index (κ3) is 4.16. The van der Waals surface area contributed by atoms with Crippen molar-refractivity contribution in [2.24, 2.45) is 5.73 Å². The molecule has 1 saturated heterocycles. The van der Waals surface area contributed by atoms with Gasteiger partial charge in [0.1, 0.15) is 24.1 Å². The second-order valence-electron chi connectivity index (χ2n) is 7.66. The quantitative estimate of drug-likeness (QED) is 0.227. The van der Waals surface area contributed by atoms with Crippen LogP contribution in [0.3, 0.4) is 0 Å². The number of carbonyl (C=O) groups excluding carboxylic acids is 1. The number of carbonyl (C=O) groups is 1. The van der Waals surface area contributed by atoms with Gasteiger partial charge >= 0.3 is 5.69 Å². The fourth-order valence-electron chi connectivity index (χ4n) is 3.75. The molecule has 1 aliphatic rings. The molecule has 32 heavy (non-hydrogen) atoms. The molecule has 3 aromatic rings. The molecule has 2 aromatic heterocycles. The minimum Gasteiger partial charge on any atom is -0.508 e. The van der Waals surface area contributed by atoms with Gasteiger partial charge < -0.3 is 36.1 Å². The number of nitrogens with zero attached hydrogens (tertiary/aromatic N) is 1. The van der Waals surface area contributed by atoms with Crippen LogP contribution in [0, 0.1) is 0 Å². The van der Waals surface area contributed by atoms with Gasteiger partial charge in [-0.05, 0) is 30.2 Å². The number of phenols is 1. The number of rotatable bonds is 6. The number of nitrogens with two attached hydrogens (primary N) is 1. The van der Waals surface area contributed by atoms with E-state index in [4.69, 9.17) is 10.5 Å². The van der Waals surface area contributed by atoms with Crippen LogP contribution in [0.1, 0.15) is 11.8 Å². The van der Waals surface area contributed by atoms with Crippen LogP contribution in [-0.4, -0.2) is 66.7 Å². The molecule has 0 bridgehead atoms. The van der Waals surface area contributed by atoms with Gasteiger partial charge in [0.15, 0.2) is 6.23 Å². The molecular weight excluding hydrogens is 422 g/mol. The van der Waals surface area contributed by atoms with Gasteiger partial charge in [-0.15, -0.1) is 0 Å². The molecule has 2 unspecified atom stereocenters. The molecule has 170 valence electrons. The van der Waals surface area contributed by atoms with Crippen molar-refractivity contribution < 1.29 is 24.9 Å². The lowest BCUT2D eigenvalue weighted by molar-refractivity contribution is -0.123. The van der Waals surface area contributed by atoms with Gasteiger partial charge in [0, 0.05) is 35.9 Å². The Morgan fingerprint density at radius 3 is 2.78 bits per heavy atom. The SMILES string of the molecule is NC(Cc1c[nH]c2ccc(O)cc12)C(=O)NC[C@H]1OC(n2ccc(=O)[nH]c2=O)[C@H](O)[C@@H]1O. The lowest BCUT2D eigenvalue weighted by atomic mass is 10.0. The van der Waals surface area contributed by atoms with Crippen LogP contribution < -0.4 is 22.3 Å². The highest BCUT2D eigenvalue weighted by Crippen LogP contribution is 2.28. The predicted octanol–water partition coefficient (Wildman–Crippen LogP) is -1.97. The van der Waals surface area contributed by atoms with Crippen molar-refractivity contribution in [3.05, 3.63) is 63.1 Å². The Bertz CT molecular complexity index is 1250. The van der Waals surface area contributed by atoms with E-state index in [-0.39, 0.29) is 18.7 Å². The first kappa shape index (κ1) is 21.8. The Kier molecular flexibility index (Phi) is 5.84. The molecule has 12 heteroatoms. The van der Waals surface area contributed by atoms with E-state index in [0.29, 0.717) is 0 Å². The molecule has 4 rings (SSSR count). The van der Waals surface area contributed by atoms with Crippen molar-refractivity contribution in [1.29, 1.82) is 0 Å². The number of aromatic nitrogens is 3. The number of nitrogens with one attached hydrogen (secondary N) is 3. The van der Waals surface area contributed by atoms with Crippen molar-refractivity contribution in [3.8, 4) is 5.75 Å². The van der Waals surface area contributed by atoms with Crippen LogP contribution in [-0.2, 0) is 16.0 Å². The minimum atomic E-state index is -1.45. The molecule has 8 N–H and O–H groups in total. The molecule has 0 radical (unpaired) electrons. The number of ether oxygens (including phenoxy) is 1. The number of hydrogen-bond acceptors (Lipinski definition) is 8. The second kappa shape index (κ2) is 8.59. The zero-order valence-corrected chi connectivity index (χ0v) is 16.8. The maximum Gasteiger partial charge on any atom is 0.330 e. The fraction of sp³-hybridized carbons (Fsp3) is 0.350. The largest absolute Gasteiger partial charge is 0.508 e. The van der Waals surface area contributed by atoms with Crippen molar-refractivity contribution in [1.82, 2.24) is 19.9 Å². The number of benzene rings is 1. The number of amides is 1. The maximum atomic E-state index is 12.5. The van der Waals surface area contributed by atoms with E-state index in [9.17, 15) is 29.7 Å². The van der Waals surface area contributed by atoms with Gasteiger partial charge in [-0.3, -0.25) is 19.1 Å². The maximum absolute atomic E-state index is 12.5. The van der Waals surface area contributed by atoms with E-state index in [1.54, 1.807) is 24.4 Å². The lowest BCUT2D eigenvalue weighted by Crippen LogP contribution is -2.46. The van der Waals surface area contributed by atoms with Crippen LogP contribution in [0.25, 0.3) is 10.9 Å². The lowest BCUT2D eigenvalue weighted by Gasteiger charge is -2.18. The van der Waals surface area contributed by atoms with Crippen LogP contribution >= 0.6 is 0 Å². The topological polar surface area (TPSA) is 196 Å². The van der Waals surface area contributed by atoms with Crippen LogP contribution in [0.4, 0.5) is 0 Å². The average molecular weight is 445 g/mol. The first-order chi connectivity index (χ1) is 15.2. The third-order valence-electron chi connectivity index (χ3n) is 5.47. The van der Waals surface area contributed by atoms with Crippen LogP contribution in [0.15, 0.2) is 46.2 Å². The highest BCUT2D eigenvalue weighted by Gasteiger charge is 2.44. The van der Waals surface area contributed by atoms with Gasteiger partial charge in [-0.2, -0.15) is 0 Å². The second-order valence-corrected chi connectivity index (χ2v) is 7.66. The van der Waals surface area contributed by atoms with Gasteiger partial charge in [0.05, 0.1) is 6.04 Å². The molecule has 5 atom stereocenters. The Hall–Kier alpha value is -3.45. The summed E-state index contributed by atoms with van der Waals surface area (Å²) in [6.07, 6.45) is -2.01. The van der Waals surface area contributed by atoms with Crippen LogP contribution in [0.2, 0.25) is 0 Å². The summed E-state index contributed by atoms with van der Waals surface area (Å²) in [6, 6.07) is 5.01. The Labute approximate surface area is 180 Å². The molecule has 1 amide bonds. The molecule has 12 nitrogen and oxygen atoms in total. The number of H-pyrrole nitrogens is 2. The molecule has 3 heterocycles. The molecule has 0 spiro atoms. The summed E-state index contributed by atoms with van der Waals surface area (Å²) >= 11 is 0. The summed E-state index contributed by atoms with van der Waals surface area (Å²) in [5.41, 5.74) is 6.16. The van der Waals surface area contributed by atoms with E-state index in [1.165, 1.54) is 0 Å². The van der Waals surface area contributed by atoms with E-state index < -0.39 is 47.7 Å². The van der Waals surface area contributed by atoms with Gasteiger partial charge in [0.25, 0.3) is 5.56 Å². The smallest absolute Gasteiger partial charge is 0.330 e. The highest BCUT2D eigenvalue weighted by atomic mass is 16.6. The summed E-state index contributed by atoms with van der Waals surface area (Å²) in [7, 11) is 0. The van der Waals surface area contributed by atoms with Gasteiger partial charge in [-0.1, -0.05) is 0 Å². The summed E-state index contributed by atoms with van der Waals surface area (Å²) in [5, 5.41) is 33.5. The molecule has 1 aromatic carbocycles. The Morgan fingerprint density at radius 2 is 2.03 bits per heavy atom. The van der Waals surface area contributed by atoms with E-state index in [2.05, 4.69) is 10.3 Å². The summed E-state index contributed by atoms with van der Waals surface area (Å²) < 4.78 is 6.51. The van der Waals surface area contributed by atoms with Crippen LogP contribution in [0.5, 0.6) is 5.75 Å². The molecule has 1 aliphatic heterocycles. The number of aliphatic hydroxyl groups excluding tert-OH is 2. The van der Waals surface area contributed by atoms with Crippen molar-refractivity contribution in [2.75, 3.05) is 6.54 Å². The number of aliphatic hydroxyl groups is 2. The zero-order valence-electron chi connectivity index (χ0n) is 16.8. The predicted molar refractivity (Wildman–Crippen MR) is 112 cm³/mol. The average Bonchev–Trinajstić information content (AvgIpc) is 3.27. The third-order valence-corrected chi connectivity index (χ3v) is 5.47. The van der Waals surface area contributed by atoms with Gasteiger partial charge in [0.2, 0.25) is 5.91 Å². The normalized spacial score (nSPS) is 24.0. The summed E-state index contributed by atoms with van der Waals surface area (Å²) in [4.78, 5) is 40.7. The number of aromatic amines is 2. The van der Waals surface area contributed by atoms with E-state index >= 15 is 0 Å². The van der Waals surface area contributed by atoms with Crippen molar-refractivity contribution in [2.45, 2.75) is 37.0 Å². The Morgan fingerprint density at radius 1 is 1.25 bits per heavy atom. The van der Waals surface area contributed by atoms with Crippen molar-refractivity contribution >= 4 is 16.8 Å². The van der Waals surface area contributed by atoms with Gasteiger partial charge in [-0.25, -0.2) is 4.79 Å². The fourth-order valence-corrected chi connectivity index (χ4v) is 3.75. The minimum absolute atomic E-state index is 0.0958.